The van der Waals surface area contributed by atoms with Crippen molar-refractivity contribution in [1.82, 2.24) is 9.88 Å². The van der Waals surface area contributed by atoms with Gasteiger partial charge in [0.05, 0.1) is 11.1 Å². The number of carboxylic acid groups (broad SMARTS) is 1. The highest BCUT2D eigenvalue weighted by atomic mass is 35.5. The second-order valence-electron chi connectivity index (χ2n) is 6.28. The summed E-state index contributed by atoms with van der Waals surface area (Å²) in [5.41, 5.74) is 0.704. The molecule has 5 nitrogen and oxygen atoms in total. The summed E-state index contributed by atoms with van der Waals surface area (Å²) < 4.78 is 0. The minimum absolute atomic E-state index is 0.143. The van der Waals surface area contributed by atoms with E-state index in [1.807, 2.05) is 12.1 Å². The Balaban J connectivity index is 1.84. The fourth-order valence-corrected chi connectivity index (χ4v) is 3.93. The van der Waals surface area contributed by atoms with Crippen LogP contribution in [0.15, 0.2) is 24.3 Å². The molecule has 1 N–H and O–H groups in total. The second-order valence-corrected chi connectivity index (χ2v) is 7.72. The summed E-state index contributed by atoms with van der Waals surface area (Å²) in [7, 11) is 0. The van der Waals surface area contributed by atoms with Crippen LogP contribution >= 0.6 is 22.9 Å². The van der Waals surface area contributed by atoms with E-state index in [1.165, 1.54) is 11.3 Å². The molecule has 1 aromatic carbocycles. The fraction of sp³-hybridized carbons (Fsp3) is 0.353. The lowest BCUT2D eigenvalue weighted by Crippen LogP contribution is -2.34. The molecule has 2 heterocycles. The molecule has 1 aliphatic rings. The number of carbonyl (C=O) groups is 2. The number of thiazole rings is 1. The average Bonchev–Trinajstić information content (AvgIpc) is 3.12. The van der Waals surface area contributed by atoms with Gasteiger partial charge in [0.2, 0.25) is 0 Å². The van der Waals surface area contributed by atoms with Crippen LogP contribution in [0.25, 0.3) is 10.6 Å². The molecule has 1 aliphatic heterocycles. The summed E-state index contributed by atoms with van der Waals surface area (Å²) in [5.74, 6) is -1.00. The van der Waals surface area contributed by atoms with Crippen molar-refractivity contribution in [2.75, 3.05) is 13.1 Å². The summed E-state index contributed by atoms with van der Waals surface area (Å²) in [4.78, 5) is 30.8. The third-order valence-electron chi connectivity index (χ3n) is 4.36. The Bertz CT molecular complexity index is 803. The standard InChI is InChI=1S/C17H17ClN2O3S/c1-10-13(15(21)20-8-7-17(2,9-20)16(22)23)24-14(19-10)11-3-5-12(18)6-4-11/h3-6H,7-9H2,1-2H3,(H,22,23). The van der Waals surface area contributed by atoms with E-state index in [0.717, 1.165) is 10.6 Å². The highest BCUT2D eigenvalue weighted by Crippen LogP contribution is 2.34. The topological polar surface area (TPSA) is 70.5 Å². The highest BCUT2D eigenvalue weighted by molar-refractivity contribution is 7.17. The van der Waals surface area contributed by atoms with Crippen molar-refractivity contribution >= 4 is 34.8 Å². The number of halogens is 1. The van der Waals surface area contributed by atoms with Gasteiger partial charge in [-0.2, -0.15) is 0 Å². The van der Waals surface area contributed by atoms with Gasteiger partial charge in [0.15, 0.2) is 0 Å². The molecule has 0 bridgehead atoms. The molecule has 126 valence electrons. The molecule has 0 spiro atoms. The number of hydrogen-bond donors (Lipinski definition) is 1. The summed E-state index contributed by atoms with van der Waals surface area (Å²) in [5, 5.41) is 10.7. The Morgan fingerprint density at radius 1 is 1.33 bits per heavy atom. The Kier molecular flexibility index (Phi) is 4.36. The quantitative estimate of drug-likeness (QED) is 0.901. The number of aryl methyl sites for hydroxylation is 1. The number of aliphatic carboxylic acids is 1. The van der Waals surface area contributed by atoms with Crippen molar-refractivity contribution < 1.29 is 14.7 Å². The number of aromatic nitrogens is 1. The number of benzene rings is 1. The first-order chi connectivity index (χ1) is 11.3. The molecule has 0 radical (unpaired) electrons. The summed E-state index contributed by atoms with van der Waals surface area (Å²) >= 11 is 7.23. The minimum atomic E-state index is -0.868. The number of amides is 1. The Hall–Kier alpha value is -1.92. The van der Waals surface area contributed by atoms with Gasteiger partial charge in [-0.25, -0.2) is 4.98 Å². The van der Waals surface area contributed by atoms with Gasteiger partial charge in [0.25, 0.3) is 5.91 Å². The number of carboxylic acids is 1. The largest absolute Gasteiger partial charge is 0.481 e. The number of hydrogen-bond acceptors (Lipinski definition) is 4. The van der Waals surface area contributed by atoms with Crippen LogP contribution in [0, 0.1) is 12.3 Å². The molecule has 1 unspecified atom stereocenters. The molecular weight excluding hydrogens is 348 g/mol. The lowest BCUT2D eigenvalue weighted by atomic mass is 9.90. The SMILES string of the molecule is Cc1nc(-c2ccc(Cl)cc2)sc1C(=O)N1CCC(C)(C(=O)O)C1. The molecule has 0 saturated carbocycles. The zero-order valence-electron chi connectivity index (χ0n) is 13.4. The normalized spacial score (nSPS) is 20.4. The predicted molar refractivity (Wildman–Crippen MR) is 93.6 cm³/mol. The van der Waals surface area contributed by atoms with E-state index >= 15 is 0 Å². The van der Waals surface area contributed by atoms with E-state index < -0.39 is 11.4 Å². The van der Waals surface area contributed by atoms with Gasteiger partial charge in [-0.05, 0) is 32.4 Å². The maximum atomic E-state index is 12.8. The van der Waals surface area contributed by atoms with Crippen LogP contribution in [-0.2, 0) is 4.79 Å². The van der Waals surface area contributed by atoms with Crippen LogP contribution in [0.1, 0.15) is 28.7 Å². The van der Waals surface area contributed by atoms with Crippen molar-refractivity contribution in [2.24, 2.45) is 5.41 Å². The fourth-order valence-electron chi connectivity index (χ4n) is 2.76. The molecule has 1 saturated heterocycles. The molecule has 2 aromatic rings. The van der Waals surface area contributed by atoms with Crippen LogP contribution in [0.3, 0.4) is 0 Å². The van der Waals surface area contributed by atoms with E-state index in [2.05, 4.69) is 4.98 Å². The molecule has 1 atom stereocenters. The lowest BCUT2D eigenvalue weighted by Gasteiger charge is -2.19. The Morgan fingerprint density at radius 2 is 2.00 bits per heavy atom. The predicted octanol–water partition coefficient (Wildman–Crippen LogP) is 3.71. The first kappa shape index (κ1) is 16.9. The number of nitrogens with zero attached hydrogens (tertiary/aromatic N) is 2. The van der Waals surface area contributed by atoms with Gasteiger partial charge in [-0.15, -0.1) is 11.3 Å². The van der Waals surface area contributed by atoms with Gasteiger partial charge >= 0.3 is 5.97 Å². The average molecular weight is 365 g/mol. The van der Waals surface area contributed by atoms with Gasteiger partial charge in [-0.1, -0.05) is 23.7 Å². The van der Waals surface area contributed by atoms with Crippen LogP contribution in [0.4, 0.5) is 0 Å². The van der Waals surface area contributed by atoms with Crippen LogP contribution in [0.5, 0.6) is 0 Å². The van der Waals surface area contributed by atoms with E-state index in [9.17, 15) is 14.7 Å². The molecule has 0 aliphatic carbocycles. The minimum Gasteiger partial charge on any atom is -0.481 e. The Labute approximate surface area is 148 Å². The van der Waals surface area contributed by atoms with E-state index in [4.69, 9.17) is 11.6 Å². The summed E-state index contributed by atoms with van der Waals surface area (Å²) in [6.45, 7) is 4.17. The van der Waals surface area contributed by atoms with Crippen molar-refractivity contribution in [1.29, 1.82) is 0 Å². The monoisotopic (exact) mass is 364 g/mol. The second kappa shape index (κ2) is 6.18. The molecule has 1 aromatic heterocycles. The van der Waals surface area contributed by atoms with Crippen LogP contribution in [0.2, 0.25) is 5.02 Å². The van der Waals surface area contributed by atoms with Gasteiger partial charge in [0.1, 0.15) is 9.88 Å². The van der Waals surface area contributed by atoms with E-state index in [0.29, 0.717) is 28.6 Å². The molecule has 1 amide bonds. The van der Waals surface area contributed by atoms with Crippen molar-refractivity contribution in [3.63, 3.8) is 0 Å². The van der Waals surface area contributed by atoms with E-state index in [1.54, 1.807) is 30.9 Å². The van der Waals surface area contributed by atoms with Crippen molar-refractivity contribution in [2.45, 2.75) is 20.3 Å². The molecular formula is C17H17ClN2O3S. The van der Waals surface area contributed by atoms with Crippen molar-refractivity contribution in [3.05, 3.63) is 39.9 Å². The molecule has 3 rings (SSSR count). The number of rotatable bonds is 3. The van der Waals surface area contributed by atoms with Gasteiger partial charge in [0, 0.05) is 23.7 Å². The molecule has 1 fully saturated rings. The third kappa shape index (κ3) is 3.03. The Morgan fingerprint density at radius 3 is 2.58 bits per heavy atom. The van der Waals surface area contributed by atoms with Gasteiger partial charge in [-0.3, -0.25) is 9.59 Å². The summed E-state index contributed by atoms with van der Waals surface area (Å²) in [6, 6.07) is 7.31. The number of carbonyl (C=O) groups excluding carboxylic acids is 1. The zero-order valence-corrected chi connectivity index (χ0v) is 14.9. The maximum Gasteiger partial charge on any atom is 0.311 e. The molecule has 7 heteroatoms. The van der Waals surface area contributed by atoms with Crippen LogP contribution in [-0.4, -0.2) is 40.0 Å². The highest BCUT2D eigenvalue weighted by Gasteiger charge is 2.42. The molecule has 24 heavy (non-hydrogen) atoms. The summed E-state index contributed by atoms with van der Waals surface area (Å²) in [6.07, 6.45) is 0.468. The first-order valence-electron chi connectivity index (χ1n) is 7.56. The lowest BCUT2D eigenvalue weighted by molar-refractivity contribution is -0.147. The van der Waals surface area contributed by atoms with Gasteiger partial charge < -0.3 is 10.0 Å². The zero-order chi connectivity index (χ0) is 17.5. The first-order valence-corrected chi connectivity index (χ1v) is 8.76. The third-order valence-corrected chi connectivity index (χ3v) is 5.81. The maximum absolute atomic E-state index is 12.8. The van der Waals surface area contributed by atoms with Crippen LogP contribution < -0.4 is 0 Å². The van der Waals surface area contributed by atoms with E-state index in [-0.39, 0.29) is 12.5 Å². The smallest absolute Gasteiger partial charge is 0.311 e. The number of likely N-dealkylation sites (tertiary alicyclic amines) is 1. The van der Waals surface area contributed by atoms with Crippen molar-refractivity contribution in [3.8, 4) is 10.6 Å².